The number of aromatic nitrogens is 3. The Morgan fingerprint density at radius 2 is 1.84 bits per heavy atom. The molecule has 3 aliphatic rings. The molecule has 1 aliphatic carbocycles. The number of halogens is 5. The smallest absolute Gasteiger partial charge is 0.433 e. The highest BCUT2D eigenvalue weighted by molar-refractivity contribution is 5.49. The Bertz CT molecular complexity index is 1400. The van der Waals surface area contributed by atoms with Gasteiger partial charge in [0.15, 0.2) is 17.4 Å². The highest BCUT2D eigenvalue weighted by Crippen LogP contribution is 2.47. The number of rotatable bonds is 5. The standard InChI is InChI=1S/C25H21F5N4O3/c26-17-6-13(7-18(27)23(17)37-15-4-5-31-20(8-15)25(28,29)30)12-36-21-9-22-33-10-14-2-1-3-16(14)19(33)11-34(22)24(35)32-21/h4-9,14,16,19H,1-3,10-12H2. The number of hydrogen-bond acceptors (Lipinski definition) is 6. The van der Waals surface area contributed by atoms with Crippen molar-refractivity contribution in [3.05, 3.63) is 69.9 Å². The van der Waals surface area contributed by atoms with Gasteiger partial charge in [0.2, 0.25) is 5.88 Å². The van der Waals surface area contributed by atoms with Crippen LogP contribution in [-0.4, -0.2) is 27.1 Å². The third-order valence-electron chi connectivity index (χ3n) is 7.36. The number of alkyl halides is 3. The Morgan fingerprint density at radius 1 is 1.05 bits per heavy atom. The summed E-state index contributed by atoms with van der Waals surface area (Å²) in [5.41, 5.74) is -1.60. The zero-order chi connectivity index (χ0) is 25.9. The van der Waals surface area contributed by atoms with Crippen LogP contribution in [0.25, 0.3) is 0 Å². The fourth-order valence-corrected chi connectivity index (χ4v) is 5.76. The van der Waals surface area contributed by atoms with Crippen LogP contribution < -0.4 is 20.1 Å². The highest BCUT2D eigenvalue weighted by atomic mass is 19.4. The molecule has 3 unspecified atom stereocenters. The van der Waals surface area contributed by atoms with Crippen LogP contribution in [0.3, 0.4) is 0 Å². The first kappa shape index (κ1) is 23.7. The molecule has 0 amide bonds. The number of anilines is 1. The van der Waals surface area contributed by atoms with Gasteiger partial charge in [-0.3, -0.25) is 9.55 Å². The van der Waals surface area contributed by atoms with Gasteiger partial charge in [0.05, 0.1) is 6.04 Å². The van der Waals surface area contributed by atoms with Gasteiger partial charge in [0.1, 0.15) is 23.9 Å². The summed E-state index contributed by atoms with van der Waals surface area (Å²) >= 11 is 0. The summed E-state index contributed by atoms with van der Waals surface area (Å²) in [4.78, 5) is 22.0. The minimum atomic E-state index is -4.74. The minimum Gasteiger partial charge on any atom is -0.473 e. The topological polar surface area (TPSA) is 69.5 Å². The van der Waals surface area contributed by atoms with Crippen LogP contribution in [0.5, 0.6) is 17.4 Å². The van der Waals surface area contributed by atoms with Crippen LogP contribution in [0.4, 0.5) is 27.8 Å². The van der Waals surface area contributed by atoms with E-state index in [1.165, 1.54) is 12.8 Å². The molecule has 0 bridgehead atoms. The SMILES string of the molecule is O=c1nc(OCc2cc(F)c(Oc3ccnc(C(F)(F)F)c3)c(F)c2)cc2n1CC1C3CCCC3CN21. The lowest BCUT2D eigenvalue weighted by atomic mass is 9.94. The molecule has 0 N–H and O–H groups in total. The van der Waals surface area contributed by atoms with Gasteiger partial charge in [0.25, 0.3) is 0 Å². The van der Waals surface area contributed by atoms with E-state index in [1.54, 1.807) is 10.6 Å². The predicted octanol–water partition coefficient (Wildman–Crippen LogP) is 4.93. The van der Waals surface area contributed by atoms with Crippen molar-refractivity contribution in [3.8, 4) is 17.4 Å². The van der Waals surface area contributed by atoms with Gasteiger partial charge in [-0.25, -0.2) is 13.6 Å². The third-order valence-corrected chi connectivity index (χ3v) is 7.36. The Balaban J connectivity index is 1.17. The Kier molecular flexibility index (Phi) is 5.57. The van der Waals surface area contributed by atoms with Crippen LogP contribution in [0, 0.1) is 23.5 Å². The van der Waals surface area contributed by atoms with Crippen molar-refractivity contribution >= 4 is 5.82 Å². The monoisotopic (exact) mass is 520 g/mol. The van der Waals surface area contributed by atoms with Gasteiger partial charge in [-0.05, 0) is 48.4 Å². The molecule has 1 aromatic carbocycles. The van der Waals surface area contributed by atoms with Crippen molar-refractivity contribution in [1.82, 2.24) is 14.5 Å². The first-order valence-electron chi connectivity index (χ1n) is 11.9. The van der Waals surface area contributed by atoms with E-state index in [1.807, 2.05) is 0 Å². The zero-order valence-electron chi connectivity index (χ0n) is 19.3. The lowest BCUT2D eigenvalue weighted by molar-refractivity contribution is -0.141. The third kappa shape index (κ3) is 4.27. The summed E-state index contributed by atoms with van der Waals surface area (Å²) in [5.74, 6) is -1.54. The molecular formula is C25H21F5N4O3. The Hall–Kier alpha value is -3.70. The average molecular weight is 520 g/mol. The Morgan fingerprint density at radius 3 is 2.59 bits per heavy atom. The lowest BCUT2D eigenvalue weighted by Crippen LogP contribution is -2.29. The molecule has 2 fully saturated rings. The quantitative estimate of drug-likeness (QED) is 0.445. The number of nitrogens with zero attached hydrogens (tertiary/aromatic N) is 4. The number of hydrogen-bond donors (Lipinski definition) is 0. The first-order chi connectivity index (χ1) is 17.7. The van der Waals surface area contributed by atoms with Gasteiger partial charge in [-0.15, -0.1) is 0 Å². The second-order valence-electron chi connectivity index (χ2n) is 9.57. The molecule has 4 heterocycles. The number of fused-ring (bicyclic) bond motifs is 5. The van der Waals surface area contributed by atoms with E-state index in [0.717, 1.165) is 43.2 Å². The maximum atomic E-state index is 14.6. The first-order valence-corrected chi connectivity index (χ1v) is 11.9. The summed E-state index contributed by atoms with van der Waals surface area (Å²) < 4.78 is 80.1. The second-order valence-corrected chi connectivity index (χ2v) is 9.57. The van der Waals surface area contributed by atoms with Crippen LogP contribution in [0.15, 0.2) is 41.3 Å². The molecule has 0 spiro atoms. The highest BCUT2D eigenvalue weighted by Gasteiger charge is 2.48. The maximum absolute atomic E-state index is 14.6. The number of ether oxygens (including phenoxy) is 2. The van der Waals surface area contributed by atoms with Crippen molar-refractivity contribution in [1.29, 1.82) is 0 Å². The van der Waals surface area contributed by atoms with E-state index in [9.17, 15) is 26.7 Å². The number of benzene rings is 1. The molecule has 7 nitrogen and oxygen atoms in total. The summed E-state index contributed by atoms with van der Waals surface area (Å²) in [6.45, 7) is 1.20. The predicted molar refractivity (Wildman–Crippen MR) is 120 cm³/mol. The van der Waals surface area contributed by atoms with Crippen molar-refractivity contribution in [2.75, 3.05) is 11.4 Å². The van der Waals surface area contributed by atoms with Crippen LogP contribution in [0.2, 0.25) is 0 Å². The molecule has 1 saturated carbocycles. The van der Waals surface area contributed by atoms with E-state index < -0.39 is 40.7 Å². The molecule has 194 valence electrons. The van der Waals surface area contributed by atoms with Crippen molar-refractivity contribution in [2.24, 2.45) is 11.8 Å². The molecule has 2 aliphatic heterocycles. The normalized spacial score (nSPS) is 22.1. The molecule has 6 rings (SSSR count). The molecule has 37 heavy (non-hydrogen) atoms. The summed E-state index contributed by atoms with van der Waals surface area (Å²) in [5, 5.41) is 0. The van der Waals surface area contributed by atoms with Crippen LogP contribution >= 0.6 is 0 Å². The number of pyridine rings is 1. The van der Waals surface area contributed by atoms with E-state index in [0.29, 0.717) is 24.4 Å². The van der Waals surface area contributed by atoms with E-state index >= 15 is 0 Å². The fourth-order valence-electron chi connectivity index (χ4n) is 5.76. The molecular weight excluding hydrogens is 499 g/mol. The van der Waals surface area contributed by atoms with Gasteiger partial charge in [-0.2, -0.15) is 18.2 Å². The fraction of sp³-hybridized carbons (Fsp3) is 0.400. The summed E-state index contributed by atoms with van der Waals surface area (Å²) in [7, 11) is 0. The molecule has 2 aromatic heterocycles. The van der Waals surface area contributed by atoms with Gasteiger partial charge >= 0.3 is 11.9 Å². The van der Waals surface area contributed by atoms with E-state index in [4.69, 9.17) is 9.47 Å². The maximum Gasteiger partial charge on any atom is 0.433 e. The van der Waals surface area contributed by atoms with Gasteiger partial charge in [0, 0.05) is 31.4 Å². The lowest BCUT2D eigenvalue weighted by Gasteiger charge is -2.20. The Labute approximate surface area is 207 Å². The van der Waals surface area contributed by atoms with Crippen molar-refractivity contribution in [2.45, 2.75) is 44.6 Å². The van der Waals surface area contributed by atoms with Crippen LogP contribution in [-0.2, 0) is 19.3 Å². The second kappa shape index (κ2) is 8.70. The molecule has 12 heteroatoms. The molecule has 3 aromatic rings. The van der Waals surface area contributed by atoms with E-state index in [2.05, 4.69) is 14.9 Å². The molecule has 1 saturated heterocycles. The summed E-state index contributed by atoms with van der Waals surface area (Å²) in [6, 6.07) is 5.45. The van der Waals surface area contributed by atoms with Gasteiger partial charge < -0.3 is 14.4 Å². The molecule has 3 atom stereocenters. The molecule has 0 radical (unpaired) electrons. The van der Waals surface area contributed by atoms with Crippen LogP contribution in [0.1, 0.15) is 30.5 Å². The zero-order valence-corrected chi connectivity index (χ0v) is 19.3. The van der Waals surface area contributed by atoms with E-state index in [-0.39, 0.29) is 24.1 Å². The van der Waals surface area contributed by atoms with Gasteiger partial charge in [-0.1, -0.05) is 6.42 Å². The largest absolute Gasteiger partial charge is 0.473 e. The summed E-state index contributed by atoms with van der Waals surface area (Å²) in [6.07, 6.45) is -0.338. The minimum absolute atomic E-state index is 0.0477. The van der Waals surface area contributed by atoms with Crippen molar-refractivity contribution < 1.29 is 31.4 Å². The average Bonchev–Trinajstić information content (AvgIpc) is 3.52. The van der Waals surface area contributed by atoms with Crippen molar-refractivity contribution in [3.63, 3.8) is 0 Å².